The molecule has 4 rings (SSSR count). The molecule has 0 spiro atoms. The van der Waals surface area contributed by atoms with Crippen LogP contribution in [0, 0.1) is 5.82 Å². The molecule has 8 heteroatoms. The van der Waals surface area contributed by atoms with Gasteiger partial charge in [0.05, 0.1) is 17.1 Å². The lowest BCUT2D eigenvalue weighted by Gasteiger charge is -2.15. The Kier molecular flexibility index (Phi) is 7.72. The average Bonchev–Trinajstić information content (AvgIpc) is 2.85. The van der Waals surface area contributed by atoms with Gasteiger partial charge >= 0.3 is 0 Å². The summed E-state index contributed by atoms with van der Waals surface area (Å²) in [5, 5.41) is 3.35. The highest BCUT2D eigenvalue weighted by molar-refractivity contribution is 7.91. The molecule has 4 aromatic rings. The summed E-state index contributed by atoms with van der Waals surface area (Å²) in [6.45, 7) is 1.58. The molecule has 1 amide bonds. The highest BCUT2D eigenvalue weighted by Crippen LogP contribution is 2.38. The van der Waals surface area contributed by atoms with Gasteiger partial charge in [0.1, 0.15) is 17.3 Å². The Morgan fingerprint density at radius 1 is 0.917 bits per heavy atom. The average molecular weight is 524 g/mol. The Morgan fingerprint density at radius 2 is 1.67 bits per heavy atom. The number of hydrogen-bond acceptors (Lipinski definition) is 4. The summed E-state index contributed by atoms with van der Waals surface area (Å²) in [5.41, 5.74) is 2.56. The van der Waals surface area contributed by atoms with Crippen molar-refractivity contribution in [2.75, 3.05) is 11.1 Å². The van der Waals surface area contributed by atoms with E-state index in [0.717, 1.165) is 5.56 Å². The van der Waals surface area contributed by atoms with E-state index in [1.54, 1.807) is 55.5 Å². The molecule has 0 saturated carbocycles. The smallest absolute Gasteiger partial charge is 0.228 e. The van der Waals surface area contributed by atoms with E-state index >= 15 is 0 Å². The molecule has 4 aromatic carbocycles. The summed E-state index contributed by atoms with van der Waals surface area (Å²) in [7, 11) is -3.30. The first kappa shape index (κ1) is 25.4. The molecule has 0 heterocycles. The third-order valence-electron chi connectivity index (χ3n) is 5.48. The fourth-order valence-corrected chi connectivity index (χ4v) is 4.74. The van der Waals surface area contributed by atoms with Gasteiger partial charge in [0.2, 0.25) is 5.91 Å². The molecule has 0 unspecified atom stereocenters. The number of sulfone groups is 1. The molecule has 0 aliphatic heterocycles. The molecular weight excluding hydrogens is 501 g/mol. The topological polar surface area (TPSA) is 72.5 Å². The summed E-state index contributed by atoms with van der Waals surface area (Å²) >= 11 is 6.40. The van der Waals surface area contributed by atoms with Crippen LogP contribution in [-0.2, 0) is 21.1 Å². The van der Waals surface area contributed by atoms with Crippen molar-refractivity contribution in [3.05, 3.63) is 107 Å². The lowest BCUT2D eigenvalue weighted by molar-refractivity contribution is -0.115. The standard InChI is InChI=1S/C28H23ClFNO4S/c1-2-36(33,34)23-13-10-19(11-14-23)16-28(32)31-21-12-15-25(24-8-3-4-9-26(24)29)27(18-21)35-22-7-5-6-20(30)17-22/h3-15,17-18H,2,16H2,1H3,(H,31,32). The molecule has 0 atom stereocenters. The van der Waals surface area contributed by atoms with Gasteiger partial charge in [-0.3, -0.25) is 4.79 Å². The van der Waals surface area contributed by atoms with E-state index in [-0.39, 0.29) is 23.0 Å². The predicted octanol–water partition coefficient (Wildman–Crippen LogP) is 6.91. The van der Waals surface area contributed by atoms with Crippen LogP contribution in [0.25, 0.3) is 11.1 Å². The minimum Gasteiger partial charge on any atom is -0.457 e. The maximum absolute atomic E-state index is 13.7. The summed E-state index contributed by atoms with van der Waals surface area (Å²) in [5.74, 6) is -0.0244. The van der Waals surface area contributed by atoms with Crippen molar-refractivity contribution in [2.45, 2.75) is 18.2 Å². The van der Waals surface area contributed by atoms with Gasteiger partial charge in [-0.2, -0.15) is 0 Å². The Labute approximate surface area is 214 Å². The number of carbonyl (C=O) groups excluding carboxylic acids is 1. The van der Waals surface area contributed by atoms with Crippen LogP contribution in [0.2, 0.25) is 5.02 Å². The van der Waals surface area contributed by atoms with Crippen molar-refractivity contribution in [1.29, 1.82) is 0 Å². The number of halogens is 2. The first-order valence-corrected chi connectivity index (χ1v) is 13.2. The van der Waals surface area contributed by atoms with Gasteiger partial charge in [0, 0.05) is 34.0 Å². The van der Waals surface area contributed by atoms with Crippen LogP contribution < -0.4 is 10.1 Å². The maximum Gasteiger partial charge on any atom is 0.228 e. The number of nitrogens with one attached hydrogen (secondary N) is 1. The number of amides is 1. The number of ether oxygens (including phenoxy) is 1. The van der Waals surface area contributed by atoms with Crippen LogP contribution in [0.4, 0.5) is 10.1 Å². The first-order valence-electron chi connectivity index (χ1n) is 11.2. The Bertz CT molecular complexity index is 1500. The molecule has 0 aliphatic carbocycles. The Balaban J connectivity index is 1.58. The van der Waals surface area contributed by atoms with Gasteiger partial charge in [0.25, 0.3) is 0 Å². The molecule has 5 nitrogen and oxygen atoms in total. The SMILES string of the molecule is CCS(=O)(=O)c1ccc(CC(=O)Nc2ccc(-c3ccccc3Cl)c(Oc3cccc(F)c3)c2)cc1. The minimum absolute atomic E-state index is 0.0110. The lowest BCUT2D eigenvalue weighted by Crippen LogP contribution is -2.14. The molecular formula is C28H23ClFNO4S. The van der Waals surface area contributed by atoms with Crippen molar-refractivity contribution in [2.24, 2.45) is 0 Å². The van der Waals surface area contributed by atoms with Crippen LogP contribution in [0.15, 0.2) is 95.9 Å². The molecule has 0 saturated heterocycles. The van der Waals surface area contributed by atoms with Crippen LogP contribution in [0.5, 0.6) is 11.5 Å². The molecule has 0 bridgehead atoms. The molecule has 1 N–H and O–H groups in total. The predicted molar refractivity (Wildman–Crippen MR) is 140 cm³/mol. The monoisotopic (exact) mass is 523 g/mol. The quantitative estimate of drug-likeness (QED) is 0.272. The van der Waals surface area contributed by atoms with E-state index < -0.39 is 15.7 Å². The van der Waals surface area contributed by atoms with E-state index in [1.165, 1.54) is 24.3 Å². The zero-order valence-corrected chi connectivity index (χ0v) is 20.9. The normalized spacial score (nSPS) is 11.2. The zero-order valence-electron chi connectivity index (χ0n) is 19.4. The van der Waals surface area contributed by atoms with Crippen molar-refractivity contribution in [3.8, 4) is 22.6 Å². The molecule has 0 fully saturated rings. The number of benzene rings is 4. The largest absolute Gasteiger partial charge is 0.457 e. The molecule has 0 aromatic heterocycles. The van der Waals surface area contributed by atoms with E-state index in [9.17, 15) is 17.6 Å². The lowest BCUT2D eigenvalue weighted by atomic mass is 10.0. The summed E-state index contributed by atoms with van der Waals surface area (Å²) in [6.07, 6.45) is 0.0544. The van der Waals surface area contributed by atoms with Crippen molar-refractivity contribution in [1.82, 2.24) is 0 Å². The number of rotatable bonds is 8. The second-order valence-electron chi connectivity index (χ2n) is 8.02. The Hall–Kier alpha value is -3.68. The van der Waals surface area contributed by atoms with Crippen molar-refractivity contribution < 1.29 is 22.3 Å². The van der Waals surface area contributed by atoms with Gasteiger partial charge in [-0.25, -0.2) is 12.8 Å². The van der Waals surface area contributed by atoms with Crippen LogP contribution in [-0.4, -0.2) is 20.1 Å². The number of carbonyl (C=O) groups is 1. The second-order valence-corrected chi connectivity index (χ2v) is 10.7. The third-order valence-corrected chi connectivity index (χ3v) is 7.56. The van der Waals surface area contributed by atoms with Gasteiger partial charge in [0.15, 0.2) is 9.84 Å². The molecule has 36 heavy (non-hydrogen) atoms. The van der Waals surface area contributed by atoms with E-state index in [1.807, 2.05) is 18.2 Å². The van der Waals surface area contributed by atoms with Crippen LogP contribution in [0.3, 0.4) is 0 Å². The van der Waals surface area contributed by atoms with E-state index in [0.29, 0.717) is 33.3 Å². The van der Waals surface area contributed by atoms with Gasteiger partial charge in [-0.1, -0.05) is 54.9 Å². The fraction of sp³-hybridized carbons (Fsp3) is 0.107. The van der Waals surface area contributed by atoms with Crippen molar-refractivity contribution in [3.63, 3.8) is 0 Å². The highest BCUT2D eigenvalue weighted by Gasteiger charge is 2.15. The summed E-state index contributed by atoms with van der Waals surface area (Å²) in [4.78, 5) is 12.9. The summed E-state index contributed by atoms with van der Waals surface area (Å²) in [6, 6.07) is 24.4. The van der Waals surface area contributed by atoms with E-state index in [4.69, 9.17) is 16.3 Å². The van der Waals surface area contributed by atoms with Gasteiger partial charge in [-0.05, 0) is 48.0 Å². The minimum atomic E-state index is -3.30. The van der Waals surface area contributed by atoms with Crippen LogP contribution >= 0.6 is 11.6 Å². The maximum atomic E-state index is 13.7. The highest BCUT2D eigenvalue weighted by atomic mass is 35.5. The number of anilines is 1. The second kappa shape index (κ2) is 10.9. The van der Waals surface area contributed by atoms with E-state index in [2.05, 4.69) is 5.32 Å². The fourth-order valence-electron chi connectivity index (χ4n) is 3.62. The molecule has 184 valence electrons. The molecule has 0 radical (unpaired) electrons. The number of hydrogen-bond donors (Lipinski definition) is 1. The van der Waals surface area contributed by atoms with Gasteiger partial charge < -0.3 is 10.1 Å². The first-order chi connectivity index (χ1) is 17.2. The Morgan fingerprint density at radius 3 is 2.36 bits per heavy atom. The third kappa shape index (κ3) is 6.11. The van der Waals surface area contributed by atoms with Crippen LogP contribution in [0.1, 0.15) is 12.5 Å². The summed E-state index contributed by atoms with van der Waals surface area (Å²) < 4.78 is 43.7. The zero-order chi connectivity index (χ0) is 25.7. The van der Waals surface area contributed by atoms with Crippen molar-refractivity contribution >= 4 is 33.0 Å². The van der Waals surface area contributed by atoms with Gasteiger partial charge in [-0.15, -0.1) is 0 Å². The molecule has 0 aliphatic rings.